The lowest BCUT2D eigenvalue weighted by atomic mass is 10.1. The monoisotopic (exact) mass is 274 g/mol. The number of nitrogens with one attached hydrogen (secondary N) is 1. The summed E-state index contributed by atoms with van der Waals surface area (Å²) in [4.78, 5) is 13.4. The largest absolute Gasteiger partial charge is 0.371 e. The smallest absolute Gasteiger partial charge is 0.263 e. The zero-order chi connectivity index (χ0) is 14.5. The van der Waals surface area contributed by atoms with Gasteiger partial charge in [-0.25, -0.2) is 5.84 Å². The van der Waals surface area contributed by atoms with Crippen LogP contribution in [0.4, 0.5) is 5.69 Å². The predicted molar refractivity (Wildman–Crippen MR) is 74.7 cm³/mol. The summed E-state index contributed by atoms with van der Waals surface area (Å²) in [5.41, 5.74) is 3.61. The Hall–Kier alpha value is -2.10. The maximum Gasteiger partial charge on any atom is 0.263 e. The van der Waals surface area contributed by atoms with E-state index in [1.54, 1.807) is 6.07 Å². The Balaban J connectivity index is 1.98. The maximum atomic E-state index is 11.4. The fourth-order valence-corrected chi connectivity index (χ4v) is 2.43. The van der Waals surface area contributed by atoms with E-state index in [-0.39, 0.29) is 12.0 Å². The number of hydrogen-bond acceptors (Lipinski definition) is 5. The first kappa shape index (κ1) is 14.3. The zero-order valence-corrected chi connectivity index (χ0v) is 11.4. The fourth-order valence-electron chi connectivity index (χ4n) is 2.43. The van der Waals surface area contributed by atoms with Gasteiger partial charge in [-0.15, -0.1) is 0 Å². The van der Waals surface area contributed by atoms with Gasteiger partial charge in [0.1, 0.15) is 12.2 Å². The highest BCUT2D eigenvalue weighted by Gasteiger charge is 2.31. The molecular formula is C14H18N4O2. The second kappa shape index (κ2) is 6.37. The van der Waals surface area contributed by atoms with Crippen molar-refractivity contribution in [3.05, 3.63) is 29.8 Å². The summed E-state index contributed by atoms with van der Waals surface area (Å²) in [7, 11) is 1.91. The van der Waals surface area contributed by atoms with Crippen LogP contribution in [-0.2, 0) is 9.53 Å². The number of carbonyl (C=O) groups is 1. The molecule has 2 unspecified atom stereocenters. The van der Waals surface area contributed by atoms with Crippen molar-refractivity contribution < 1.29 is 9.53 Å². The highest BCUT2D eigenvalue weighted by molar-refractivity contribution is 5.80. The van der Waals surface area contributed by atoms with Gasteiger partial charge in [-0.1, -0.05) is 12.1 Å². The number of hydrazine groups is 1. The van der Waals surface area contributed by atoms with E-state index < -0.39 is 6.10 Å². The lowest BCUT2D eigenvalue weighted by molar-refractivity contribution is -0.131. The molecule has 0 saturated carbocycles. The first-order valence-corrected chi connectivity index (χ1v) is 6.52. The van der Waals surface area contributed by atoms with Crippen LogP contribution in [0.5, 0.6) is 0 Å². The van der Waals surface area contributed by atoms with Gasteiger partial charge in [-0.2, -0.15) is 5.26 Å². The third kappa shape index (κ3) is 3.07. The van der Waals surface area contributed by atoms with Gasteiger partial charge in [0.15, 0.2) is 0 Å². The van der Waals surface area contributed by atoms with E-state index in [2.05, 4.69) is 11.5 Å². The number of benzene rings is 1. The van der Waals surface area contributed by atoms with Crippen LogP contribution in [0.1, 0.15) is 18.4 Å². The summed E-state index contributed by atoms with van der Waals surface area (Å²) in [5.74, 6) is 4.82. The van der Waals surface area contributed by atoms with Crippen molar-refractivity contribution in [2.24, 2.45) is 5.84 Å². The van der Waals surface area contributed by atoms with E-state index in [0.29, 0.717) is 18.5 Å². The van der Waals surface area contributed by atoms with E-state index in [0.717, 1.165) is 12.1 Å². The molecule has 106 valence electrons. The molecule has 1 aromatic carbocycles. The SMILES string of the molecule is CN(CC1CCC(C(=O)NN)O1)c1ccccc1C#N. The summed E-state index contributed by atoms with van der Waals surface area (Å²) >= 11 is 0. The van der Waals surface area contributed by atoms with Crippen molar-refractivity contribution in [1.29, 1.82) is 5.26 Å². The molecular weight excluding hydrogens is 256 g/mol. The van der Waals surface area contributed by atoms with Crippen molar-refractivity contribution in [2.75, 3.05) is 18.5 Å². The summed E-state index contributed by atoms with van der Waals surface area (Å²) < 4.78 is 5.66. The van der Waals surface area contributed by atoms with Gasteiger partial charge in [0.2, 0.25) is 0 Å². The summed E-state index contributed by atoms with van der Waals surface area (Å²) in [6, 6.07) is 9.59. The van der Waals surface area contributed by atoms with Crippen LogP contribution in [0.25, 0.3) is 0 Å². The second-order valence-electron chi connectivity index (χ2n) is 4.84. The minimum Gasteiger partial charge on any atom is -0.371 e. The molecule has 0 bridgehead atoms. The lowest BCUT2D eigenvalue weighted by Crippen LogP contribution is -2.40. The van der Waals surface area contributed by atoms with Gasteiger partial charge in [0.05, 0.1) is 17.4 Å². The Labute approximate surface area is 118 Å². The Kier molecular flexibility index (Phi) is 4.56. The molecule has 1 aliphatic rings. The first-order valence-electron chi connectivity index (χ1n) is 6.52. The molecule has 0 aliphatic carbocycles. The number of para-hydroxylation sites is 1. The van der Waals surface area contributed by atoms with Crippen LogP contribution in [0.2, 0.25) is 0 Å². The summed E-state index contributed by atoms with van der Waals surface area (Å²) in [6.45, 7) is 0.632. The van der Waals surface area contributed by atoms with E-state index >= 15 is 0 Å². The van der Waals surface area contributed by atoms with Crippen LogP contribution >= 0.6 is 0 Å². The van der Waals surface area contributed by atoms with Gasteiger partial charge in [-0.05, 0) is 25.0 Å². The molecule has 2 atom stereocenters. The average Bonchev–Trinajstić information content (AvgIpc) is 2.94. The van der Waals surface area contributed by atoms with E-state index in [9.17, 15) is 4.79 Å². The van der Waals surface area contributed by atoms with E-state index in [1.807, 2.05) is 30.1 Å². The van der Waals surface area contributed by atoms with Crippen molar-refractivity contribution in [1.82, 2.24) is 5.43 Å². The molecule has 0 spiro atoms. The van der Waals surface area contributed by atoms with Gasteiger partial charge in [0.25, 0.3) is 5.91 Å². The topological polar surface area (TPSA) is 91.4 Å². The number of nitrogens with zero attached hydrogens (tertiary/aromatic N) is 2. The van der Waals surface area contributed by atoms with Gasteiger partial charge >= 0.3 is 0 Å². The number of amides is 1. The number of ether oxygens (including phenoxy) is 1. The van der Waals surface area contributed by atoms with E-state index in [4.69, 9.17) is 15.8 Å². The number of carbonyl (C=O) groups excluding carboxylic acids is 1. The molecule has 1 fully saturated rings. The highest BCUT2D eigenvalue weighted by Crippen LogP contribution is 2.24. The average molecular weight is 274 g/mol. The maximum absolute atomic E-state index is 11.4. The third-order valence-electron chi connectivity index (χ3n) is 3.46. The van der Waals surface area contributed by atoms with Crippen LogP contribution in [0, 0.1) is 11.3 Å². The van der Waals surface area contributed by atoms with E-state index in [1.165, 1.54) is 0 Å². The molecule has 20 heavy (non-hydrogen) atoms. The molecule has 1 heterocycles. The number of nitrogens with two attached hydrogens (primary N) is 1. The predicted octanol–water partition coefficient (Wildman–Crippen LogP) is 0.532. The number of nitriles is 1. The molecule has 1 aliphatic heterocycles. The van der Waals surface area contributed by atoms with Gasteiger partial charge in [-0.3, -0.25) is 10.2 Å². The minimum atomic E-state index is -0.468. The molecule has 1 aromatic rings. The van der Waals surface area contributed by atoms with Crippen LogP contribution in [0.3, 0.4) is 0 Å². The molecule has 3 N–H and O–H groups in total. The van der Waals surface area contributed by atoms with Crippen LogP contribution in [-0.4, -0.2) is 31.7 Å². The van der Waals surface area contributed by atoms with Crippen LogP contribution in [0.15, 0.2) is 24.3 Å². The van der Waals surface area contributed by atoms with Crippen LogP contribution < -0.4 is 16.2 Å². The Morgan fingerprint density at radius 3 is 3.00 bits per heavy atom. The molecule has 1 saturated heterocycles. The molecule has 1 amide bonds. The summed E-state index contributed by atoms with van der Waals surface area (Å²) in [5, 5.41) is 9.10. The number of rotatable bonds is 4. The zero-order valence-electron chi connectivity index (χ0n) is 11.4. The standard InChI is InChI=1S/C14H18N4O2/c1-18(12-5-3-2-4-10(12)8-15)9-11-6-7-13(20-11)14(19)17-16/h2-5,11,13H,6-7,9,16H2,1H3,(H,17,19). The number of likely N-dealkylation sites (N-methyl/N-ethyl adjacent to an activating group) is 1. The normalized spacial score (nSPS) is 21.2. The number of anilines is 1. The second-order valence-corrected chi connectivity index (χ2v) is 4.84. The number of hydrogen-bond donors (Lipinski definition) is 2. The summed E-state index contributed by atoms with van der Waals surface area (Å²) in [6.07, 6.45) is 0.970. The fraction of sp³-hybridized carbons (Fsp3) is 0.429. The van der Waals surface area contributed by atoms with Crippen molar-refractivity contribution >= 4 is 11.6 Å². The quantitative estimate of drug-likeness (QED) is 0.475. The Morgan fingerprint density at radius 2 is 2.30 bits per heavy atom. The molecule has 0 aromatic heterocycles. The van der Waals surface area contributed by atoms with Crippen molar-refractivity contribution in [3.8, 4) is 6.07 Å². The van der Waals surface area contributed by atoms with Gasteiger partial charge in [0, 0.05) is 13.6 Å². The molecule has 6 nitrogen and oxygen atoms in total. The molecule has 2 rings (SSSR count). The highest BCUT2D eigenvalue weighted by atomic mass is 16.5. The third-order valence-corrected chi connectivity index (χ3v) is 3.46. The first-order chi connectivity index (χ1) is 9.65. The minimum absolute atomic E-state index is 0.0333. The lowest BCUT2D eigenvalue weighted by Gasteiger charge is -2.24. The van der Waals surface area contributed by atoms with Crippen molar-refractivity contribution in [3.63, 3.8) is 0 Å². The van der Waals surface area contributed by atoms with Gasteiger partial charge < -0.3 is 9.64 Å². The van der Waals surface area contributed by atoms with Crippen molar-refractivity contribution in [2.45, 2.75) is 25.0 Å². The Bertz CT molecular complexity index is 526. The molecule has 6 heteroatoms. The molecule has 0 radical (unpaired) electrons. The Morgan fingerprint density at radius 1 is 1.55 bits per heavy atom.